The number of amides is 1. The van der Waals surface area contributed by atoms with Crippen molar-refractivity contribution in [3.05, 3.63) is 44.7 Å². The van der Waals surface area contributed by atoms with Gasteiger partial charge in [-0.2, -0.15) is 0 Å². The number of halogens is 1. The molecule has 216 valence electrons. The van der Waals surface area contributed by atoms with E-state index in [1.165, 1.54) is 18.9 Å². The molecule has 4 atom stereocenters. The molecule has 0 bridgehead atoms. The molecule has 1 amide bonds. The smallest absolute Gasteiger partial charge is 0.255 e. The minimum absolute atomic E-state index is 0.00881. The average molecular weight is 574 g/mol. The Labute approximate surface area is 237 Å². The summed E-state index contributed by atoms with van der Waals surface area (Å²) in [5, 5.41) is 44.7. The predicted octanol–water partition coefficient (Wildman–Crippen LogP) is 2.73. The van der Waals surface area contributed by atoms with E-state index < -0.39 is 52.0 Å². The van der Waals surface area contributed by atoms with Gasteiger partial charge in [0.1, 0.15) is 22.8 Å². The summed E-state index contributed by atoms with van der Waals surface area (Å²) in [6.07, 6.45) is 3.33. The van der Waals surface area contributed by atoms with Gasteiger partial charge in [-0.15, -0.1) is 0 Å². The maximum Gasteiger partial charge on any atom is 0.255 e. The van der Waals surface area contributed by atoms with Crippen molar-refractivity contribution in [1.29, 1.82) is 0 Å². The third kappa shape index (κ3) is 4.32. The largest absolute Gasteiger partial charge is 0.508 e. The summed E-state index contributed by atoms with van der Waals surface area (Å²) in [4.78, 5) is 42.7. The summed E-state index contributed by atoms with van der Waals surface area (Å²) in [5.74, 6) is -6.52. The topological polar surface area (TPSA) is 165 Å². The second-order valence-corrected chi connectivity index (χ2v) is 11.8. The predicted molar refractivity (Wildman–Crippen MR) is 147 cm³/mol. The number of carbonyl (C=O) groups excluding carboxylic acids is 3. The summed E-state index contributed by atoms with van der Waals surface area (Å²) in [5.41, 5.74) is 2.87. The summed E-state index contributed by atoms with van der Waals surface area (Å²) >= 11 is 6.90. The van der Waals surface area contributed by atoms with Crippen LogP contribution in [0.15, 0.2) is 23.0 Å². The van der Waals surface area contributed by atoms with Gasteiger partial charge in [0.15, 0.2) is 11.4 Å². The first-order valence-corrected chi connectivity index (χ1v) is 14.3. The van der Waals surface area contributed by atoms with E-state index in [-0.39, 0.29) is 36.1 Å². The Morgan fingerprint density at radius 2 is 1.95 bits per heavy atom. The highest BCUT2D eigenvalue weighted by Gasteiger charge is 2.60. The average Bonchev–Trinajstić information content (AvgIpc) is 3.35. The molecule has 2 unspecified atom stereocenters. The molecule has 2 fully saturated rings. The number of aliphatic hydroxyl groups is 3. The SMILES string of the molecule is CCC1CCCN1CN(CC)Cc1cc(O)c2c(c1Cl)CC1C[C@H]3CC(=O)C(C(N)=O)=C(O)[C@@]3(O)C(=O)C1=C2O. The lowest BCUT2D eigenvalue weighted by Gasteiger charge is -2.46. The molecule has 1 heterocycles. The lowest BCUT2D eigenvalue weighted by molar-refractivity contribution is -0.147. The van der Waals surface area contributed by atoms with E-state index in [0.717, 1.165) is 26.2 Å². The number of carbonyl (C=O) groups is 3. The molecular formula is C29H36ClN3O7. The molecule has 10 nitrogen and oxygen atoms in total. The molecule has 3 aliphatic carbocycles. The molecule has 0 radical (unpaired) electrons. The van der Waals surface area contributed by atoms with Crippen LogP contribution in [-0.2, 0) is 27.3 Å². The lowest BCUT2D eigenvalue weighted by atomic mass is 9.59. The van der Waals surface area contributed by atoms with Crippen molar-refractivity contribution in [3.8, 4) is 5.75 Å². The Morgan fingerprint density at radius 1 is 1.23 bits per heavy atom. The maximum absolute atomic E-state index is 13.6. The quantitative estimate of drug-likeness (QED) is 0.308. The number of hydrogen-bond acceptors (Lipinski definition) is 9. The van der Waals surface area contributed by atoms with E-state index in [4.69, 9.17) is 17.3 Å². The second-order valence-electron chi connectivity index (χ2n) is 11.4. The van der Waals surface area contributed by atoms with Crippen molar-refractivity contribution in [2.75, 3.05) is 19.8 Å². The maximum atomic E-state index is 13.6. The van der Waals surface area contributed by atoms with Crippen LogP contribution in [0.25, 0.3) is 5.76 Å². The van der Waals surface area contributed by atoms with Gasteiger partial charge in [-0.1, -0.05) is 25.4 Å². The number of Topliss-reactive ketones (excluding diaryl/α,β-unsaturated/α-hetero) is 2. The van der Waals surface area contributed by atoms with Crippen LogP contribution < -0.4 is 5.73 Å². The van der Waals surface area contributed by atoms with E-state index >= 15 is 0 Å². The molecule has 40 heavy (non-hydrogen) atoms. The van der Waals surface area contributed by atoms with Gasteiger partial charge in [0, 0.05) is 35.5 Å². The number of nitrogens with zero attached hydrogens (tertiary/aromatic N) is 2. The number of nitrogens with two attached hydrogens (primary N) is 1. The first-order valence-electron chi connectivity index (χ1n) is 13.9. The molecular weight excluding hydrogens is 538 g/mol. The van der Waals surface area contributed by atoms with E-state index in [0.29, 0.717) is 28.7 Å². The highest BCUT2D eigenvalue weighted by atomic mass is 35.5. The minimum atomic E-state index is -2.58. The van der Waals surface area contributed by atoms with Crippen molar-refractivity contribution in [3.63, 3.8) is 0 Å². The first kappa shape index (κ1) is 28.6. The zero-order chi connectivity index (χ0) is 29.1. The van der Waals surface area contributed by atoms with Crippen LogP contribution in [-0.4, -0.2) is 79.1 Å². The van der Waals surface area contributed by atoms with E-state index in [9.17, 15) is 34.8 Å². The van der Waals surface area contributed by atoms with Gasteiger partial charge in [-0.3, -0.25) is 24.2 Å². The van der Waals surface area contributed by atoms with Gasteiger partial charge < -0.3 is 26.2 Å². The van der Waals surface area contributed by atoms with Crippen LogP contribution in [0.2, 0.25) is 5.02 Å². The van der Waals surface area contributed by atoms with Gasteiger partial charge >= 0.3 is 0 Å². The first-order chi connectivity index (χ1) is 18.9. The number of phenols is 1. The van der Waals surface area contributed by atoms with Crippen molar-refractivity contribution < 1.29 is 34.8 Å². The number of fused-ring (bicyclic) bond motifs is 3. The normalized spacial score (nSPS) is 28.7. The van der Waals surface area contributed by atoms with Crippen molar-refractivity contribution in [2.45, 2.75) is 70.6 Å². The Balaban J connectivity index is 1.51. The van der Waals surface area contributed by atoms with Crippen LogP contribution in [0.5, 0.6) is 5.75 Å². The fourth-order valence-electron chi connectivity index (χ4n) is 7.14. The summed E-state index contributed by atoms with van der Waals surface area (Å²) < 4.78 is 0. The molecule has 1 saturated heterocycles. The number of aromatic hydroxyl groups is 1. The third-order valence-corrected chi connectivity index (χ3v) is 9.74. The van der Waals surface area contributed by atoms with Gasteiger partial charge in [0.25, 0.3) is 5.91 Å². The van der Waals surface area contributed by atoms with E-state index in [1.807, 2.05) is 0 Å². The fourth-order valence-corrected chi connectivity index (χ4v) is 7.43. The monoisotopic (exact) mass is 573 g/mol. The van der Waals surface area contributed by atoms with Crippen LogP contribution in [0, 0.1) is 11.8 Å². The Kier molecular flexibility index (Phi) is 7.50. The molecule has 0 aromatic heterocycles. The van der Waals surface area contributed by atoms with E-state index in [2.05, 4.69) is 23.6 Å². The Hall–Kier alpha value is -2.92. The molecule has 4 aliphatic rings. The number of likely N-dealkylation sites (tertiary alicyclic amines) is 1. The number of ketones is 2. The van der Waals surface area contributed by atoms with Gasteiger partial charge in [-0.25, -0.2) is 0 Å². The van der Waals surface area contributed by atoms with Gasteiger partial charge in [0.2, 0.25) is 5.78 Å². The Bertz CT molecular complexity index is 1360. The molecule has 11 heteroatoms. The molecule has 1 saturated carbocycles. The van der Waals surface area contributed by atoms with Crippen LogP contribution in [0.1, 0.15) is 62.6 Å². The van der Waals surface area contributed by atoms with Crippen molar-refractivity contribution in [2.24, 2.45) is 17.6 Å². The third-order valence-electron chi connectivity index (χ3n) is 9.27. The van der Waals surface area contributed by atoms with E-state index in [1.54, 1.807) is 0 Å². The van der Waals surface area contributed by atoms with Crippen LogP contribution in [0.3, 0.4) is 0 Å². The summed E-state index contributed by atoms with van der Waals surface area (Å²) in [6, 6.07) is 2.04. The van der Waals surface area contributed by atoms with Gasteiger partial charge in [-0.05, 0) is 68.3 Å². The zero-order valence-electron chi connectivity index (χ0n) is 22.7. The van der Waals surface area contributed by atoms with Crippen molar-refractivity contribution in [1.82, 2.24) is 9.80 Å². The fraction of sp³-hybridized carbons (Fsp3) is 0.552. The van der Waals surface area contributed by atoms with Crippen LogP contribution in [0.4, 0.5) is 0 Å². The number of hydrogen-bond donors (Lipinski definition) is 5. The highest BCUT2D eigenvalue weighted by Crippen LogP contribution is 2.53. The lowest BCUT2D eigenvalue weighted by Crippen LogP contribution is -2.58. The highest BCUT2D eigenvalue weighted by molar-refractivity contribution is 6.32. The molecule has 6 N–H and O–H groups in total. The number of rotatable bonds is 7. The van der Waals surface area contributed by atoms with Crippen LogP contribution >= 0.6 is 11.6 Å². The Morgan fingerprint density at radius 3 is 2.60 bits per heavy atom. The molecule has 5 rings (SSSR count). The summed E-state index contributed by atoms with van der Waals surface area (Å²) in [6.45, 7) is 7.32. The standard InChI is InChI=1S/C29H36ClN3O7/c1-3-17-6-5-7-33(17)13-32(4-2)12-15-10-19(34)22-18(24(15)30)9-14-8-16-11-20(35)23(28(31)39)27(38)29(16,40)26(37)21(14)25(22)36/h10,14,16-17,34,36,38,40H,3-9,11-13H2,1-2H3,(H2,31,39)/t14?,16-,17?,29-/m0/s1. The number of phenolic OH excluding ortho intramolecular Hbond substituents is 1. The van der Waals surface area contributed by atoms with Gasteiger partial charge in [0.05, 0.1) is 12.2 Å². The molecule has 1 aromatic carbocycles. The minimum Gasteiger partial charge on any atom is -0.508 e. The second kappa shape index (κ2) is 10.5. The van der Waals surface area contributed by atoms with Crippen molar-refractivity contribution >= 4 is 34.8 Å². The molecule has 1 aliphatic heterocycles. The molecule has 1 aromatic rings. The zero-order valence-corrected chi connectivity index (χ0v) is 23.5. The molecule has 0 spiro atoms. The number of benzene rings is 1. The number of primary amides is 1. The number of aliphatic hydroxyl groups excluding tert-OH is 2. The summed E-state index contributed by atoms with van der Waals surface area (Å²) in [7, 11) is 0.